The molecule has 152 valence electrons. The molecule has 0 bridgehead atoms. The van der Waals surface area contributed by atoms with Crippen molar-refractivity contribution in [3.05, 3.63) is 81.0 Å². The second-order valence-corrected chi connectivity index (χ2v) is 7.57. The molecule has 2 aromatic carbocycles. The van der Waals surface area contributed by atoms with Gasteiger partial charge in [0, 0.05) is 22.9 Å². The van der Waals surface area contributed by atoms with E-state index in [0.717, 1.165) is 4.68 Å². The van der Waals surface area contributed by atoms with Crippen molar-refractivity contribution in [3.8, 4) is 11.5 Å². The molecule has 0 saturated heterocycles. The lowest BCUT2D eigenvalue weighted by Crippen LogP contribution is -2.22. The van der Waals surface area contributed by atoms with Crippen LogP contribution in [0.15, 0.2) is 63.1 Å². The van der Waals surface area contributed by atoms with Crippen LogP contribution in [-0.4, -0.2) is 20.7 Å². The number of hydrogen-bond acceptors (Lipinski definition) is 6. The summed E-state index contributed by atoms with van der Waals surface area (Å²) >= 11 is 7.29. The minimum absolute atomic E-state index is 0.0569. The Morgan fingerprint density at radius 2 is 2.03 bits per heavy atom. The zero-order valence-corrected chi connectivity index (χ0v) is 17.2. The van der Waals surface area contributed by atoms with Crippen LogP contribution < -0.4 is 10.7 Å². The molecule has 0 unspecified atom stereocenters. The van der Waals surface area contributed by atoms with Crippen LogP contribution in [0.2, 0.25) is 5.02 Å². The summed E-state index contributed by atoms with van der Waals surface area (Å²) in [6, 6.07) is 12.3. The number of rotatable bonds is 5. The monoisotopic (exact) mass is 444 g/mol. The first-order valence-corrected chi connectivity index (χ1v) is 10.0. The molecule has 0 N–H and O–H groups in total. The van der Waals surface area contributed by atoms with Gasteiger partial charge in [0.05, 0.1) is 17.9 Å². The van der Waals surface area contributed by atoms with E-state index in [4.69, 9.17) is 16.0 Å². The topological polar surface area (TPSA) is 81.2 Å². The Labute approximate surface area is 179 Å². The van der Waals surface area contributed by atoms with E-state index in [-0.39, 0.29) is 18.3 Å². The third kappa shape index (κ3) is 4.17. The van der Waals surface area contributed by atoms with Crippen molar-refractivity contribution >= 4 is 39.7 Å². The summed E-state index contributed by atoms with van der Waals surface area (Å²) in [7, 11) is 0. The maximum absolute atomic E-state index is 13.1. The van der Waals surface area contributed by atoms with Gasteiger partial charge in [-0.2, -0.15) is 4.68 Å². The van der Waals surface area contributed by atoms with Crippen molar-refractivity contribution in [2.45, 2.75) is 13.5 Å². The van der Waals surface area contributed by atoms with Crippen molar-refractivity contribution in [2.75, 3.05) is 4.90 Å². The Kier molecular flexibility index (Phi) is 5.47. The molecule has 0 fully saturated rings. The summed E-state index contributed by atoms with van der Waals surface area (Å²) in [6.45, 7) is 1.49. The van der Waals surface area contributed by atoms with E-state index in [1.807, 2.05) is 0 Å². The smallest absolute Gasteiger partial charge is 0.388 e. The van der Waals surface area contributed by atoms with Gasteiger partial charge in [0.25, 0.3) is 0 Å². The summed E-state index contributed by atoms with van der Waals surface area (Å²) in [4.78, 5) is 30.2. The van der Waals surface area contributed by atoms with Crippen molar-refractivity contribution in [2.24, 2.45) is 0 Å². The van der Waals surface area contributed by atoms with Gasteiger partial charge in [-0.15, -0.1) is 16.4 Å². The lowest BCUT2D eigenvalue weighted by Gasteiger charge is -2.18. The Balaban J connectivity index is 1.59. The molecule has 4 aromatic rings. The van der Waals surface area contributed by atoms with Crippen molar-refractivity contribution in [1.82, 2.24) is 14.8 Å². The molecule has 2 heterocycles. The first-order chi connectivity index (χ1) is 14.4. The lowest BCUT2D eigenvalue weighted by atomic mass is 10.2. The number of amides is 1. The van der Waals surface area contributed by atoms with E-state index >= 15 is 0 Å². The largest absolute Gasteiger partial charge is 0.437 e. The van der Waals surface area contributed by atoms with E-state index in [1.54, 1.807) is 29.6 Å². The third-order valence-electron chi connectivity index (χ3n) is 4.12. The summed E-state index contributed by atoms with van der Waals surface area (Å²) in [6.07, 6.45) is 0. The standard InChI is InChI=1S/C20H14ClFN4O3S/c1-12(27)26(17-4-2-3-14(21)9-17)19-23-16(11-30-19)10-25-20(28)29-18(24-25)13-5-7-15(22)8-6-13/h2-9,11H,10H2,1H3. The molecule has 0 atom stereocenters. The third-order valence-corrected chi connectivity index (χ3v) is 5.23. The van der Waals surface area contributed by atoms with E-state index in [2.05, 4.69) is 10.1 Å². The molecule has 0 radical (unpaired) electrons. The highest BCUT2D eigenvalue weighted by Crippen LogP contribution is 2.30. The first kappa shape index (κ1) is 20.0. The summed E-state index contributed by atoms with van der Waals surface area (Å²) in [5.74, 6) is -1.21. The summed E-state index contributed by atoms with van der Waals surface area (Å²) in [5, 5.41) is 6.81. The van der Waals surface area contributed by atoms with Gasteiger partial charge in [0.1, 0.15) is 5.82 Å². The maximum Gasteiger partial charge on any atom is 0.437 e. The SMILES string of the molecule is CC(=O)N(c1cccc(Cl)c1)c1nc(Cn2nc(-c3ccc(F)cc3)oc2=O)cs1. The Bertz CT molecular complexity index is 1270. The molecule has 4 rings (SSSR count). The Morgan fingerprint density at radius 1 is 1.27 bits per heavy atom. The molecule has 0 aliphatic rings. The fourth-order valence-electron chi connectivity index (χ4n) is 2.78. The van der Waals surface area contributed by atoms with Gasteiger partial charge in [-0.05, 0) is 42.5 Å². The van der Waals surface area contributed by atoms with Crippen LogP contribution >= 0.6 is 22.9 Å². The van der Waals surface area contributed by atoms with Crippen molar-refractivity contribution in [3.63, 3.8) is 0 Å². The number of aromatic nitrogens is 3. The molecule has 2 aromatic heterocycles. The average Bonchev–Trinajstić information content (AvgIpc) is 3.30. The Morgan fingerprint density at radius 3 is 2.73 bits per heavy atom. The van der Waals surface area contributed by atoms with Crippen LogP contribution in [0.3, 0.4) is 0 Å². The number of hydrogen-bond donors (Lipinski definition) is 0. The molecule has 0 aliphatic heterocycles. The van der Waals surface area contributed by atoms with Gasteiger partial charge in [0.15, 0.2) is 5.13 Å². The number of carbonyl (C=O) groups excluding carboxylic acids is 1. The molecular formula is C20H14ClFN4O3S. The quantitative estimate of drug-likeness (QED) is 0.453. The van der Waals surface area contributed by atoms with E-state index in [9.17, 15) is 14.0 Å². The van der Waals surface area contributed by atoms with Gasteiger partial charge >= 0.3 is 5.76 Å². The van der Waals surface area contributed by atoms with Crippen molar-refractivity contribution < 1.29 is 13.6 Å². The lowest BCUT2D eigenvalue weighted by molar-refractivity contribution is -0.115. The first-order valence-electron chi connectivity index (χ1n) is 8.75. The van der Waals surface area contributed by atoms with Gasteiger partial charge in [-0.3, -0.25) is 9.69 Å². The minimum Gasteiger partial charge on any atom is -0.388 e. The number of benzene rings is 2. The highest BCUT2D eigenvalue weighted by molar-refractivity contribution is 7.14. The van der Waals surface area contributed by atoms with E-state index in [0.29, 0.717) is 27.1 Å². The highest BCUT2D eigenvalue weighted by atomic mass is 35.5. The molecule has 30 heavy (non-hydrogen) atoms. The molecule has 10 heteroatoms. The van der Waals surface area contributed by atoms with E-state index in [1.165, 1.54) is 47.4 Å². The normalized spacial score (nSPS) is 10.9. The molecule has 0 aliphatic carbocycles. The number of anilines is 2. The minimum atomic E-state index is -0.665. The highest BCUT2D eigenvalue weighted by Gasteiger charge is 2.19. The molecule has 0 saturated carbocycles. The van der Waals surface area contributed by atoms with Crippen LogP contribution in [-0.2, 0) is 11.3 Å². The predicted molar refractivity (Wildman–Crippen MR) is 112 cm³/mol. The molecule has 7 nitrogen and oxygen atoms in total. The summed E-state index contributed by atoms with van der Waals surface area (Å²) in [5.41, 5.74) is 1.60. The number of thiazole rings is 1. The van der Waals surface area contributed by atoms with Gasteiger partial charge in [0.2, 0.25) is 11.8 Å². The van der Waals surface area contributed by atoms with Gasteiger partial charge < -0.3 is 4.42 Å². The average molecular weight is 445 g/mol. The zero-order chi connectivity index (χ0) is 21.3. The second kappa shape index (κ2) is 8.21. The molecule has 1 amide bonds. The zero-order valence-electron chi connectivity index (χ0n) is 15.6. The van der Waals surface area contributed by atoms with Crippen LogP contribution in [0.25, 0.3) is 11.5 Å². The number of carbonyl (C=O) groups is 1. The Hall–Kier alpha value is -3.30. The van der Waals surface area contributed by atoms with Gasteiger partial charge in [-0.25, -0.2) is 14.2 Å². The second-order valence-electron chi connectivity index (χ2n) is 6.29. The van der Waals surface area contributed by atoms with Crippen LogP contribution in [0.1, 0.15) is 12.6 Å². The number of halogens is 2. The van der Waals surface area contributed by atoms with Crippen LogP contribution in [0.5, 0.6) is 0 Å². The fraction of sp³-hybridized carbons (Fsp3) is 0.100. The summed E-state index contributed by atoms with van der Waals surface area (Å²) < 4.78 is 19.4. The predicted octanol–water partition coefficient (Wildman–Crippen LogP) is 4.49. The van der Waals surface area contributed by atoms with Crippen LogP contribution in [0.4, 0.5) is 15.2 Å². The molecular weight excluding hydrogens is 431 g/mol. The number of nitrogens with zero attached hydrogens (tertiary/aromatic N) is 4. The van der Waals surface area contributed by atoms with Crippen LogP contribution in [0, 0.1) is 5.82 Å². The molecule has 0 spiro atoms. The maximum atomic E-state index is 13.1. The van der Waals surface area contributed by atoms with Gasteiger partial charge in [-0.1, -0.05) is 17.7 Å². The fourth-order valence-corrected chi connectivity index (χ4v) is 3.85. The van der Waals surface area contributed by atoms with Crippen molar-refractivity contribution in [1.29, 1.82) is 0 Å². The van der Waals surface area contributed by atoms with E-state index < -0.39 is 11.6 Å².